The summed E-state index contributed by atoms with van der Waals surface area (Å²) in [5, 5.41) is 4.34. The summed E-state index contributed by atoms with van der Waals surface area (Å²) in [6, 6.07) is 16.4. The van der Waals surface area contributed by atoms with Crippen LogP contribution in [-0.2, 0) is 13.6 Å². The first-order valence-corrected chi connectivity index (χ1v) is 10.2. The molecule has 0 spiro atoms. The Morgan fingerprint density at radius 2 is 1.96 bits per heavy atom. The van der Waals surface area contributed by atoms with E-state index in [0.717, 1.165) is 21.8 Å². The van der Waals surface area contributed by atoms with Crippen molar-refractivity contribution in [2.45, 2.75) is 24.3 Å². The molecule has 2 heterocycles. The van der Waals surface area contributed by atoms with Gasteiger partial charge in [-0.1, -0.05) is 43.3 Å². The zero-order valence-electron chi connectivity index (χ0n) is 15.6. The summed E-state index contributed by atoms with van der Waals surface area (Å²) in [7, 11) is 1.93. The number of carbonyl (C=O) groups excluding carboxylic acids is 1. The van der Waals surface area contributed by atoms with Crippen molar-refractivity contribution in [3.05, 3.63) is 83.2 Å². The molecular formula is C22H23N3OS. The molecular weight excluding hydrogens is 354 g/mol. The lowest BCUT2D eigenvalue weighted by Crippen LogP contribution is -2.38. The van der Waals surface area contributed by atoms with Crippen LogP contribution in [0, 0.1) is 0 Å². The molecule has 1 amide bonds. The van der Waals surface area contributed by atoms with Crippen LogP contribution in [0.2, 0.25) is 0 Å². The van der Waals surface area contributed by atoms with E-state index in [0.29, 0.717) is 13.1 Å². The number of hydrogen-bond acceptors (Lipinski definition) is 3. The van der Waals surface area contributed by atoms with E-state index in [2.05, 4.69) is 36.4 Å². The smallest absolute Gasteiger partial charge is 0.255 e. The predicted octanol–water partition coefficient (Wildman–Crippen LogP) is 4.32. The fraction of sp³-hybridized carbons (Fsp3) is 0.273. The molecule has 0 N–H and O–H groups in total. The van der Waals surface area contributed by atoms with E-state index in [1.165, 1.54) is 11.1 Å². The van der Waals surface area contributed by atoms with Crippen molar-refractivity contribution in [1.29, 1.82) is 0 Å². The third-order valence-corrected chi connectivity index (χ3v) is 5.98. The van der Waals surface area contributed by atoms with Gasteiger partial charge >= 0.3 is 0 Å². The van der Waals surface area contributed by atoms with Crippen LogP contribution in [0.3, 0.4) is 0 Å². The number of amides is 1. The van der Waals surface area contributed by atoms with Crippen LogP contribution < -0.4 is 0 Å². The van der Waals surface area contributed by atoms with Gasteiger partial charge in [0.15, 0.2) is 0 Å². The Morgan fingerprint density at radius 3 is 2.74 bits per heavy atom. The fourth-order valence-electron chi connectivity index (χ4n) is 3.76. The molecule has 0 fully saturated rings. The van der Waals surface area contributed by atoms with E-state index in [9.17, 15) is 4.79 Å². The van der Waals surface area contributed by atoms with Gasteiger partial charge in [0, 0.05) is 37.1 Å². The monoisotopic (exact) mass is 377 g/mol. The van der Waals surface area contributed by atoms with E-state index in [4.69, 9.17) is 0 Å². The number of rotatable bonds is 4. The molecule has 1 aliphatic rings. The number of fused-ring (bicyclic) bond motifs is 1. The molecule has 4 nitrogen and oxygen atoms in total. The molecule has 4 rings (SSSR count). The first kappa shape index (κ1) is 17.9. The number of aryl methyl sites for hydroxylation is 1. The number of benzene rings is 2. The van der Waals surface area contributed by atoms with Gasteiger partial charge in [0.1, 0.15) is 0 Å². The molecule has 3 aromatic rings. The van der Waals surface area contributed by atoms with E-state index in [1.807, 2.05) is 53.2 Å². The van der Waals surface area contributed by atoms with Crippen molar-refractivity contribution < 1.29 is 4.79 Å². The maximum absolute atomic E-state index is 13.4. The molecule has 138 valence electrons. The SMILES string of the molecule is CCSc1ccccc1C(=O)N1Cc2ccccc2C(c2cnn(C)c2)C1. The van der Waals surface area contributed by atoms with Crippen LogP contribution in [0.15, 0.2) is 65.8 Å². The maximum atomic E-state index is 13.4. The van der Waals surface area contributed by atoms with Gasteiger partial charge in [-0.3, -0.25) is 9.48 Å². The van der Waals surface area contributed by atoms with Crippen molar-refractivity contribution in [2.75, 3.05) is 12.3 Å². The zero-order chi connectivity index (χ0) is 18.8. The summed E-state index contributed by atoms with van der Waals surface area (Å²) in [5.74, 6) is 1.21. The highest BCUT2D eigenvalue weighted by Gasteiger charge is 2.30. The van der Waals surface area contributed by atoms with Crippen molar-refractivity contribution in [3.8, 4) is 0 Å². The number of thioether (sulfide) groups is 1. The van der Waals surface area contributed by atoms with Gasteiger partial charge in [0.2, 0.25) is 0 Å². The average Bonchev–Trinajstić information content (AvgIpc) is 3.13. The Morgan fingerprint density at radius 1 is 1.19 bits per heavy atom. The number of aromatic nitrogens is 2. The highest BCUT2D eigenvalue weighted by atomic mass is 32.2. The first-order valence-electron chi connectivity index (χ1n) is 9.24. The summed E-state index contributed by atoms with van der Waals surface area (Å²) in [6.45, 7) is 3.44. The Labute approximate surface area is 164 Å². The Kier molecular flexibility index (Phi) is 5.03. The van der Waals surface area contributed by atoms with Crippen LogP contribution in [0.25, 0.3) is 0 Å². The topological polar surface area (TPSA) is 38.1 Å². The number of carbonyl (C=O) groups is 1. The minimum atomic E-state index is 0.106. The van der Waals surface area contributed by atoms with Gasteiger partial charge < -0.3 is 4.90 Å². The van der Waals surface area contributed by atoms with Crippen LogP contribution in [0.1, 0.15) is 39.9 Å². The number of nitrogens with zero attached hydrogens (tertiary/aromatic N) is 3. The van der Waals surface area contributed by atoms with Crippen molar-refractivity contribution in [1.82, 2.24) is 14.7 Å². The van der Waals surface area contributed by atoms with Gasteiger partial charge in [0.05, 0.1) is 11.8 Å². The predicted molar refractivity (Wildman–Crippen MR) is 109 cm³/mol. The minimum Gasteiger partial charge on any atom is -0.333 e. The van der Waals surface area contributed by atoms with Crippen molar-refractivity contribution in [2.24, 2.45) is 7.05 Å². The van der Waals surface area contributed by atoms with Gasteiger partial charge in [-0.15, -0.1) is 11.8 Å². The van der Waals surface area contributed by atoms with E-state index < -0.39 is 0 Å². The fourth-order valence-corrected chi connectivity index (χ4v) is 4.56. The highest BCUT2D eigenvalue weighted by Crippen LogP contribution is 2.34. The summed E-state index contributed by atoms with van der Waals surface area (Å²) in [5.41, 5.74) is 4.46. The Balaban J connectivity index is 1.70. The molecule has 0 saturated carbocycles. The first-order chi connectivity index (χ1) is 13.2. The van der Waals surface area contributed by atoms with Crippen LogP contribution in [0.4, 0.5) is 0 Å². The summed E-state index contributed by atoms with van der Waals surface area (Å²) in [6.07, 6.45) is 3.96. The summed E-state index contributed by atoms with van der Waals surface area (Å²) < 4.78 is 1.83. The van der Waals surface area contributed by atoms with Crippen molar-refractivity contribution >= 4 is 17.7 Å². The van der Waals surface area contributed by atoms with Crippen LogP contribution >= 0.6 is 11.8 Å². The quantitative estimate of drug-likeness (QED) is 0.636. The second-order valence-electron chi connectivity index (χ2n) is 6.81. The van der Waals surface area contributed by atoms with E-state index >= 15 is 0 Å². The van der Waals surface area contributed by atoms with Crippen molar-refractivity contribution in [3.63, 3.8) is 0 Å². The second-order valence-corrected chi connectivity index (χ2v) is 8.12. The molecule has 1 atom stereocenters. The third kappa shape index (κ3) is 3.52. The Hall–Kier alpha value is -2.53. The lowest BCUT2D eigenvalue weighted by Gasteiger charge is -2.34. The largest absolute Gasteiger partial charge is 0.333 e. The van der Waals surface area contributed by atoms with Gasteiger partial charge in [-0.25, -0.2) is 0 Å². The molecule has 2 aromatic carbocycles. The van der Waals surface area contributed by atoms with Crippen LogP contribution in [0.5, 0.6) is 0 Å². The number of hydrogen-bond donors (Lipinski definition) is 0. The van der Waals surface area contributed by atoms with Gasteiger partial charge in [-0.05, 0) is 34.6 Å². The maximum Gasteiger partial charge on any atom is 0.255 e. The molecule has 0 saturated heterocycles. The molecule has 27 heavy (non-hydrogen) atoms. The van der Waals surface area contributed by atoms with E-state index in [1.54, 1.807) is 11.8 Å². The zero-order valence-corrected chi connectivity index (χ0v) is 16.4. The highest BCUT2D eigenvalue weighted by molar-refractivity contribution is 7.99. The lowest BCUT2D eigenvalue weighted by molar-refractivity contribution is 0.0721. The molecule has 1 unspecified atom stereocenters. The second kappa shape index (κ2) is 7.61. The molecule has 1 aromatic heterocycles. The minimum absolute atomic E-state index is 0.106. The molecule has 0 bridgehead atoms. The standard InChI is InChI=1S/C22H23N3OS/c1-3-27-21-11-7-6-10-19(21)22(26)25-14-16-8-4-5-9-18(16)20(15-25)17-12-23-24(2)13-17/h4-13,20H,3,14-15H2,1-2H3. The molecule has 5 heteroatoms. The van der Waals surface area contributed by atoms with Crippen LogP contribution in [-0.4, -0.2) is 32.9 Å². The van der Waals surface area contributed by atoms with Gasteiger partial charge in [0.25, 0.3) is 5.91 Å². The van der Waals surface area contributed by atoms with E-state index in [-0.39, 0.29) is 11.8 Å². The normalized spacial score (nSPS) is 16.2. The molecule has 0 aliphatic carbocycles. The third-order valence-electron chi connectivity index (χ3n) is 5.03. The summed E-state index contributed by atoms with van der Waals surface area (Å²) >= 11 is 1.72. The average molecular weight is 378 g/mol. The molecule has 0 radical (unpaired) electrons. The lowest BCUT2D eigenvalue weighted by atomic mass is 9.86. The Bertz CT molecular complexity index is 965. The summed E-state index contributed by atoms with van der Waals surface area (Å²) in [4.78, 5) is 16.4. The van der Waals surface area contributed by atoms with Gasteiger partial charge in [-0.2, -0.15) is 5.10 Å². The molecule has 1 aliphatic heterocycles.